The monoisotopic (exact) mass is 446 g/mol. The largest absolute Gasteiger partial charge is 0.351 e. The summed E-state index contributed by atoms with van der Waals surface area (Å²) in [6.45, 7) is 2.62. The van der Waals surface area contributed by atoms with Gasteiger partial charge in [0.05, 0.1) is 33.6 Å². The Morgan fingerprint density at radius 1 is 1.24 bits per heavy atom. The maximum atomic E-state index is 12.1. The fraction of sp³-hybridized carbons (Fsp3) is 0.211. The van der Waals surface area contributed by atoms with Crippen molar-refractivity contribution in [3.05, 3.63) is 57.2 Å². The van der Waals surface area contributed by atoms with Gasteiger partial charge in [0.25, 0.3) is 10.0 Å². The van der Waals surface area contributed by atoms with E-state index >= 15 is 0 Å². The van der Waals surface area contributed by atoms with Crippen LogP contribution < -0.4 is 10.0 Å². The molecule has 0 aliphatic carbocycles. The fourth-order valence-corrected chi connectivity index (χ4v) is 5.73. The van der Waals surface area contributed by atoms with Crippen LogP contribution in [0.1, 0.15) is 21.9 Å². The van der Waals surface area contributed by atoms with Crippen LogP contribution >= 0.6 is 22.7 Å². The van der Waals surface area contributed by atoms with E-state index in [1.165, 1.54) is 6.07 Å². The Hall–Kier alpha value is -2.56. The predicted molar refractivity (Wildman–Crippen MR) is 115 cm³/mol. The van der Waals surface area contributed by atoms with Crippen molar-refractivity contribution >= 4 is 44.4 Å². The molecule has 0 saturated carbocycles. The molecule has 4 rings (SSSR count). The van der Waals surface area contributed by atoms with Gasteiger partial charge in [0, 0.05) is 22.2 Å². The number of aryl methyl sites for hydroxylation is 1. The van der Waals surface area contributed by atoms with E-state index in [0.717, 1.165) is 20.5 Å². The number of amidine groups is 1. The number of carbonyl (C=O) groups excluding carboxylic acids is 1. The van der Waals surface area contributed by atoms with Crippen LogP contribution in [0.15, 0.2) is 51.7 Å². The van der Waals surface area contributed by atoms with Crippen LogP contribution in [0.25, 0.3) is 10.6 Å². The molecule has 1 aliphatic heterocycles. The molecule has 0 spiro atoms. The van der Waals surface area contributed by atoms with Crippen molar-refractivity contribution in [1.82, 2.24) is 15.0 Å². The summed E-state index contributed by atoms with van der Waals surface area (Å²) >= 11 is 3.22. The van der Waals surface area contributed by atoms with Crippen LogP contribution in [0.3, 0.4) is 0 Å². The Kier molecular flexibility index (Phi) is 5.48. The van der Waals surface area contributed by atoms with Crippen molar-refractivity contribution in [2.24, 2.45) is 4.99 Å². The molecule has 0 fully saturated rings. The second kappa shape index (κ2) is 8.05. The molecule has 3 heterocycles. The molecule has 0 unspecified atom stereocenters. The van der Waals surface area contributed by atoms with Crippen molar-refractivity contribution in [3.8, 4) is 10.6 Å². The third kappa shape index (κ3) is 4.39. The Morgan fingerprint density at radius 2 is 2.07 bits per heavy atom. The third-order valence-electron chi connectivity index (χ3n) is 4.26. The van der Waals surface area contributed by atoms with Gasteiger partial charge in [-0.2, -0.15) is 0 Å². The summed E-state index contributed by atoms with van der Waals surface area (Å²) in [4.78, 5) is 23.2. The Balaban J connectivity index is 1.30. The van der Waals surface area contributed by atoms with E-state index in [4.69, 9.17) is 0 Å². The number of aliphatic imine (C=N–C) groups is 1. The van der Waals surface area contributed by atoms with Crippen molar-refractivity contribution in [1.29, 1.82) is 0 Å². The molecule has 1 amide bonds. The van der Waals surface area contributed by atoms with Gasteiger partial charge in [-0.25, -0.2) is 13.4 Å². The molecule has 10 heteroatoms. The van der Waals surface area contributed by atoms with Gasteiger partial charge in [-0.05, 0) is 31.2 Å². The van der Waals surface area contributed by atoms with Crippen molar-refractivity contribution in [2.75, 3.05) is 6.54 Å². The summed E-state index contributed by atoms with van der Waals surface area (Å²) in [5.74, 6) is 0.151. The number of amides is 1. The van der Waals surface area contributed by atoms with Gasteiger partial charge in [0.15, 0.2) is 0 Å². The van der Waals surface area contributed by atoms with E-state index in [-0.39, 0.29) is 29.6 Å². The van der Waals surface area contributed by atoms with E-state index in [9.17, 15) is 13.2 Å². The van der Waals surface area contributed by atoms with Gasteiger partial charge in [-0.1, -0.05) is 12.1 Å². The van der Waals surface area contributed by atoms with E-state index in [0.29, 0.717) is 12.1 Å². The summed E-state index contributed by atoms with van der Waals surface area (Å²) in [5, 5.41) is 5.93. The first-order valence-corrected chi connectivity index (χ1v) is 12.0. The molecule has 0 saturated heterocycles. The minimum absolute atomic E-state index is 0.136. The fourth-order valence-electron chi connectivity index (χ4n) is 2.88. The Bertz CT molecular complexity index is 1190. The third-order valence-corrected chi connectivity index (χ3v) is 7.54. The van der Waals surface area contributed by atoms with Gasteiger partial charge < -0.3 is 5.32 Å². The van der Waals surface area contributed by atoms with Gasteiger partial charge in [-0.15, -0.1) is 22.7 Å². The normalized spacial score (nSPS) is 15.8. The Labute approximate surface area is 176 Å². The lowest BCUT2D eigenvalue weighted by atomic mass is 10.2. The summed E-state index contributed by atoms with van der Waals surface area (Å²) in [7, 11) is -3.56. The van der Waals surface area contributed by atoms with Gasteiger partial charge >= 0.3 is 0 Å². The van der Waals surface area contributed by atoms with Crippen molar-refractivity contribution in [3.63, 3.8) is 0 Å². The van der Waals surface area contributed by atoms with Crippen LogP contribution in [0, 0.1) is 6.92 Å². The number of carbonyl (C=O) groups is 1. The molecule has 0 bridgehead atoms. The molecule has 29 heavy (non-hydrogen) atoms. The molecule has 2 aromatic heterocycles. The van der Waals surface area contributed by atoms with Crippen molar-refractivity contribution in [2.45, 2.75) is 24.8 Å². The zero-order chi connectivity index (χ0) is 20.4. The topological polar surface area (TPSA) is 101 Å². The molecule has 2 N–H and O–H groups in total. The average Bonchev–Trinajstić information content (AvgIpc) is 3.39. The predicted octanol–water partition coefficient (Wildman–Crippen LogP) is 2.93. The number of nitrogens with zero attached hydrogens (tertiary/aromatic N) is 2. The molecule has 3 aromatic rings. The summed E-state index contributed by atoms with van der Waals surface area (Å²) in [5.41, 5.74) is 1.50. The zero-order valence-corrected chi connectivity index (χ0v) is 18.0. The first-order chi connectivity index (χ1) is 13.9. The molecule has 1 aromatic carbocycles. The molecular weight excluding hydrogens is 428 g/mol. The lowest BCUT2D eigenvalue weighted by molar-refractivity contribution is -0.121. The molecular formula is C19H18N4O3S3. The van der Waals surface area contributed by atoms with Crippen LogP contribution in [0.2, 0.25) is 0 Å². The molecule has 1 aliphatic rings. The molecule has 0 radical (unpaired) electrons. The van der Waals surface area contributed by atoms with E-state index in [2.05, 4.69) is 20.0 Å². The van der Waals surface area contributed by atoms with E-state index in [1.54, 1.807) is 40.9 Å². The molecule has 0 atom stereocenters. The SMILES string of the molecule is Cc1nc(-c2ccc(CNC(=O)CCN=C3NS(=O)(=O)c4ccccc43)s2)cs1. The number of thiophene rings is 1. The van der Waals surface area contributed by atoms with Crippen LogP contribution in [-0.4, -0.2) is 31.7 Å². The van der Waals surface area contributed by atoms with Gasteiger partial charge in [0.1, 0.15) is 5.84 Å². The summed E-state index contributed by atoms with van der Waals surface area (Å²) in [6, 6.07) is 10.7. The second-order valence-corrected chi connectivity index (χ2v) is 10.3. The highest BCUT2D eigenvalue weighted by Gasteiger charge is 2.29. The van der Waals surface area contributed by atoms with E-state index < -0.39 is 10.0 Å². The second-order valence-electron chi connectivity index (χ2n) is 6.38. The standard InChI is InChI=1S/C19H18N4O3S3/c1-12-22-15(11-27-12)16-7-6-13(28-16)10-21-18(24)8-9-20-19-14-4-2-3-5-17(14)29(25,26)23-19/h2-7,11H,8-10H2,1H3,(H,20,23)(H,21,24). The van der Waals surface area contributed by atoms with Crippen LogP contribution in [-0.2, 0) is 21.4 Å². The van der Waals surface area contributed by atoms with Crippen molar-refractivity contribution < 1.29 is 13.2 Å². The number of rotatable bonds is 6. The number of fused-ring (bicyclic) bond motifs is 1. The first kappa shape index (κ1) is 19.7. The number of sulfonamides is 1. The lowest BCUT2D eigenvalue weighted by Crippen LogP contribution is -2.25. The van der Waals surface area contributed by atoms with E-state index in [1.807, 2.05) is 24.4 Å². The molecule has 150 valence electrons. The zero-order valence-electron chi connectivity index (χ0n) is 15.5. The highest BCUT2D eigenvalue weighted by Crippen LogP contribution is 2.29. The van der Waals surface area contributed by atoms with Gasteiger partial charge in [0.2, 0.25) is 5.91 Å². The Morgan fingerprint density at radius 3 is 2.86 bits per heavy atom. The minimum atomic E-state index is -3.56. The molecule has 7 nitrogen and oxygen atoms in total. The number of aromatic nitrogens is 1. The average molecular weight is 447 g/mol. The quantitative estimate of drug-likeness (QED) is 0.608. The number of hydrogen-bond donors (Lipinski definition) is 2. The van der Waals surface area contributed by atoms with Crippen LogP contribution in [0.4, 0.5) is 0 Å². The number of hydrogen-bond acceptors (Lipinski definition) is 7. The first-order valence-electron chi connectivity index (χ1n) is 8.87. The highest BCUT2D eigenvalue weighted by atomic mass is 32.2. The summed E-state index contributed by atoms with van der Waals surface area (Å²) < 4.78 is 26.5. The lowest BCUT2D eigenvalue weighted by Gasteiger charge is -2.03. The number of benzene rings is 1. The minimum Gasteiger partial charge on any atom is -0.351 e. The smallest absolute Gasteiger partial charge is 0.263 e. The number of thiazole rings is 1. The van der Waals surface area contributed by atoms with Gasteiger partial charge in [-0.3, -0.25) is 14.5 Å². The summed E-state index contributed by atoms with van der Waals surface area (Å²) in [6.07, 6.45) is 0.177. The maximum absolute atomic E-state index is 12.1. The highest BCUT2D eigenvalue weighted by molar-refractivity contribution is 7.90. The maximum Gasteiger partial charge on any atom is 0.263 e. The van der Waals surface area contributed by atoms with Crippen LogP contribution in [0.5, 0.6) is 0 Å². The number of nitrogens with one attached hydrogen (secondary N) is 2.